The van der Waals surface area contributed by atoms with Gasteiger partial charge in [-0.05, 0) is 48.7 Å². The van der Waals surface area contributed by atoms with Gasteiger partial charge in [0.15, 0.2) is 0 Å². The van der Waals surface area contributed by atoms with Gasteiger partial charge in [-0.2, -0.15) is 0 Å². The summed E-state index contributed by atoms with van der Waals surface area (Å²) in [5.41, 5.74) is 9.38. The molecule has 0 saturated carbocycles. The molecule has 0 atom stereocenters. The zero-order valence-electron chi connectivity index (χ0n) is 17.6. The smallest absolute Gasteiger partial charge is 0.259 e. The second-order valence-electron chi connectivity index (χ2n) is 7.62. The molecule has 0 radical (unpaired) electrons. The monoisotopic (exact) mass is 429 g/mol. The number of nitrogens with two attached hydrogens (primary N) is 1. The molecule has 1 fully saturated rings. The van der Waals surface area contributed by atoms with Gasteiger partial charge in [0.25, 0.3) is 5.56 Å². The number of pyridine rings is 2. The van der Waals surface area contributed by atoms with Gasteiger partial charge in [0.1, 0.15) is 17.3 Å². The molecule has 4 N–H and O–H groups in total. The predicted molar refractivity (Wildman–Crippen MR) is 125 cm³/mol. The van der Waals surface area contributed by atoms with E-state index in [0.717, 1.165) is 43.1 Å². The number of rotatable bonds is 4. The number of morpholine rings is 1. The normalized spacial score (nSPS) is 14.0. The molecule has 9 heteroatoms. The number of ether oxygens (including phenoxy) is 1. The number of fused-ring (bicyclic) bond motifs is 1. The van der Waals surface area contributed by atoms with Gasteiger partial charge in [0.05, 0.1) is 36.2 Å². The van der Waals surface area contributed by atoms with E-state index >= 15 is 0 Å². The van der Waals surface area contributed by atoms with E-state index in [1.165, 1.54) is 0 Å². The Morgan fingerprint density at radius 3 is 2.62 bits per heavy atom. The highest BCUT2D eigenvalue weighted by Crippen LogP contribution is 2.28. The highest BCUT2D eigenvalue weighted by Gasteiger charge is 2.14. The summed E-state index contributed by atoms with van der Waals surface area (Å²) in [7, 11) is 0. The van der Waals surface area contributed by atoms with Gasteiger partial charge in [-0.15, -0.1) is 0 Å². The maximum Gasteiger partial charge on any atom is 0.259 e. The maximum absolute atomic E-state index is 12.6. The van der Waals surface area contributed by atoms with Gasteiger partial charge in [0.2, 0.25) is 0 Å². The van der Waals surface area contributed by atoms with Gasteiger partial charge in [-0.25, -0.2) is 15.0 Å². The minimum absolute atomic E-state index is 0.214. The fraction of sp³-hybridized carbons (Fsp3) is 0.217. The lowest BCUT2D eigenvalue weighted by Gasteiger charge is -2.28. The first-order chi connectivity index (χ1) is 15.6. The van der Waals surface area contributed by atoms with Crippen molar-refractivity contribution < 1.29 is 4.74 Å². The van der Waals surface area contributed by atoms with E-state index in [-0.39, 0.29) is 5.56 Å². The first-order valence-electron chi connectivity index (χ1n) is 10.4. The van der Waals surface area contributed by atoms with Crippen molar-refractivity contribution in [3.05, 3.63) is 64.8 Å². The SMILES string of the molecule is Cc1nc(-c2cc3cc[nH]c(=O)c3c(Nc3ccc(N4CCOCC4)cc3)n2)cnc1N. The Morgan fingerprint density at radius 1 is 1.09 bits per heavy atom. The highest BCUT2D eigenvalue weighted by atomic mass is 16.5. The molecule has 32 heavy (non-hydrogen) atoms. The molecule has 0 spiro atoms. The second-order valence-corrected chi connectivity index (χ2v) is 7.62. The average molecular weight is 429 g/mol. The van der Waals surface area contributed by atoms with Gasteiger partial charge in [0, 0.05) is 30.7 Å². The molecule has 0 unspecified atom stereocenters. The first-order valence-corrected chi connectivity index (χ1v) is 10.4. The molecular weight excluding hydrogens is 406 g/mol. The molecule has 1 aliphatic heterocycles. The van der Waals surface area contributed by atoms with Crippen molar-refractivity contribution in [3.8, 4) is 11.4 Å². The van der Waals surface area contributed by atoms with Crippen LogP contribution in [-0.2, 0) is 4.74 Å². The Bertz CT molecular complexity index is 1330. The largest absolute Gasteiger partial charge is 0.382 e. The lowest BCUT2D eigenvalue weighted by atomic mass is 10.1. The summed E-state index contributed by atoms with van der Waals surface area (Å²) in [4.78, 5) is 31.0. The second kappa shape index (κ2) is 8.27. The highest BCUT2D eigenvalue weighted by molar-refractivity contribution is 5.95. The fourth-order valence-electron chi connectivity index (χ4n) is 3.76. The molecule has 0 bridgehead atoms. The standard InChI is InChI=1S/C23H23N7O2/c1-14-21(24)26-13-19(27-14)18-12-15-6-7-25-23(31)20(15)22(29-18)28-16-2-4-17(5-3-16)30-8-10-32-11-9-30/h2-7,12-13H,8-11H2,1H3,(H2,24,26)(H,25,31)(H,28,29). The van der Waals surface area contributed by atoms with Crippen molar-refractivity contribution in [2.75, 3.05) is 42.3 Å². The van der Waals surface area contributed by atoms with E-state index in [4.69, 9.17) is 15.5 Å². The zero-order chi connectivity index (χ0) is 22.1. The Morgan fingerprint density at radius 2 is 1.88 bits per heavy atom. The summed E-state index contributed by atoms with van der Waals surface area (Å²) in [6.07, 6.45) is 3.21. The molecule has 9 nitrogen and oxygen atoms in total. The fourth-order valence-corrected chi connectivity index (χ4v) is 3.76. The number of aromatic amines is 1. The topological polar surface area (TPSA) is 122 Å². The number of nitrogen functional groups attached to an aromatic ring is 1. The number of nitrogens with one attached hydrogen (secondary N) is 2. The van der Waals surface area contributed by atoms with E-state index in [1.54, 1.807) is 19.3 Å². The summed E-state index contributed by atoms with van der Waals surface area (Å²) < 4.78 is 5.43. The summed E-state index contributed by atoms with van der Waals surface area (Å²) >= 11 is 0. The van der Waals surface area contributed by atoms with Gasteiger partial charge in [-0.1, -0.05) is 0 Å². The summed E-state index contributed by atoms with van der Waals surface area (Å²) in [6.45, 7) is 5.02. The zero-order valence-corrected chi connectivity index (χ0v) is 17.6. The van der Waals surface area contributed by atoms with Crippen molar-refractivity contribution in [2.45, 2.75) is 6.92 Å². The third kappa shape index (κ3) is 3.85. The number of hydrogen-bond acceptors (Lipinski definition) is 8. The van der Waals surface area contributed by atoms with Crippen LogP contribution in [-0.4, -0.2) is 46.2 Å². The lowest BCUT2D eigenvalue weighted by Crippen LogP contribution is -2.36. The predicted octanol–water partition coefficient (Wildman–Crippen LogP) is 2.85. The Kier molecular flexibility index (Phi) is 5.16. The number of aromatic nitrogens is 4. The minimum atomic E-state index is -0.214. The van der Waals surface area contributed by atoms with Gasteiger partial charge < -0.3 is 25.7 Å². The van der Waals surface area contributed by atoms with Crippen LogP contribution in [0.3, 0.4) is 0 Å². The van der Waals surface area contributed by atoms with Crippen LogP contribution < -0.4 is 21.5 Å². The lowest BCUT2D eigenvalue weighted by molar-refractivity contribution is 0.122. The summed E-state index contributed by atoms with van der Waals surface area (Å²) in [5, 5.41) is 4.54. The molecular formula is C23H23N7O2. The molecule has 1 saturated heterocycles. The molecule has 1 aliphatic rings. The Balaban J connectivity index is 1.53. The van der Waals surface area contributed by atoms with Crippen LogP contribution in [0.25, 0.3) is 22.2 Å². The summed E-state index contributed by atoms with van der Waals surface area (Å²) in [5.74, 6) is 0.833. The number of aryl methyl sites for hydroxylation is 1. The minimum Gasteiger partial charge on any atom is -0.382 e. The Labute approximate surface area is 184 Å². The van der Waals surface area contributed by atoms with E-state index in [2.05, 4.69) is 37.3 Å². The number of nitrogens with zero attached hydrogens (tertiary/aromatic N) is 4. The van der Waals surface area contributed by atoms with Crippen molar-refractivity contribution in [1.82, 2.24) is 19.9 Å². The van der Waals surface area contributed by atoms with Crippen molar-refractivity contribution in [2.24, 2.45) is 0 Å². The van der Waals surface area contributed by atoms with Crippen molar-refractivity contribution in [1.29, 1.82) is 0 Å². The van der Waals surface area contributed by atoms with Crippen LogP contribution in [0.15, 0.2) is 53.6 Å². The average Bonchev–Trinajstić information content (AvgIpc) is 2.82. The molecule has 4 heterocycles. The van der Waals surface area contributed by atoms with Crippen molar-refractivity contribution >= 4 is 33.8 Å². The molecule has 0 aliphatic carbocycles. The van der Waals surface area contributed by atoms with Crippen LogP contribution in [0.5, 0.6) is 0 Å². The number of H-pyrrole nitrogens is 1. The van der Waals surface area contributed by atoms with Crippen LogP contribution in [0, 0.1) is 6.92 Å². The van der Waals surface area contributed by atoms with Crippen molar-refractivity contribution in [3.63, 3.8) is 0 Å². The van der Waals surface area contributed by atoms with Crippen LogP contribution >= 0.6 is 0 Å². The van der Waals surface area contributed by atoms with E-state index < -0.39 is 0 Å². The van der Waals surface area contributed by atoms with Crippen LogP contribution in [0.4, 0.5) is 23.0 Å². The van der Waals surface area contributed by atoms with E-state index in [1.807, 2.05) is 24.3 Å². The molecule has 5 rings (SSSR count). The van der Waals surface area contributed by atoms with Gasteiger partial charge >= 0.3 is 0 Å². The van der Waals surface area contributed by atoms with Crippen LogP contribution in [0.2, 0.25) is 0 Å². The Hall–Kier alpha value is -3.98. The molecule has 4 aromatic rings. The van der Waals surface area contributed by atoms with Crippen LogP contribution in [0.1, 0.15) is 5.69 Å². The summed E-state index contributed by atoms with van der Waals surface area (Å²) in [6, 6.07) is 11.7. The molecule has 0 amide bonds. The molecule has 3 aromatic heterocycles. The van der Waals surface area contributed by atoms with Gasteiger partial charge in [-0.3, -0.25) is 4.79 Å². The van der Waals surface area contributed by atoms with E-state index in [0.29, 0.717) is 34.1 Å². The van der Waals surface area contributed by atoms with E-state index in [9.17, 15) is 4.79 Å². The third-order valence-corrected chi connectivity index (χ3v) is 5.51. The number of benzene rings is 1. The number of hydrogen-bond donors (Lipinski definition) is 3. The number of anilines is 4. The third-order valence-electron chi connectivity index (χ3n) is 5.51. The molecule has 1 aromatic carbocycles. The first kappa shape index (κ1) is 20.0. The molecule has 162 valence electrons. The maximum atomic E-state index is 12.6. The quantitative estimate of drug-likeness (QED) is 0.453.